The molecule has 0 fully saturated rings. The molecule has 8 nitrogen and oxygen atoms in total. The Balaban J connectivity index is 4.52. The highest BCUT2D eigenvalue weighted by Gasteiger charge is 2.36. The summed E-state index contributed by atoms with van der Waals surface area (Å²) >= 11 is 0. The predicted octanol–water partition coefficient (Wildman–Crippen LogP) is -3.13. The summed E-state index contributed by atoms with van der Waals surface area (Å²) in [7, 11) is 0. The van der Waals surface area contributed by atoms with Crippen LogP contribution in [0.3, 0.4) is 0 Å². The summed E-state index contributed by atoms with van der Waals surface area (Å²) < 4.78 is 0. The number of carbonyl (C=O) groups excluding carboxylic acids is 1. The molecule has 0 heterocycles. The maximum atomic E-state index is 11.1. The Morgan fingerprint density at radius 1 is 1.19 bits per heavy atom. The Morgan fingerprint density at radius 3 is 2.12 bits per heavy atom. The third kappa shape index (κ3) is 4.10. The molecular weight excluding hydrogens is 224 g/mol. The van der Waals surface area contributed by atoms with E-state index in [1.54, 1.807) is 0 Å². The number of aliphatic hydroxyl groups excluding tert-OH is 5. The molecule has 0 radical (unpaired) electrons. The first-order chi connectivity index (χ1) is 7.49. The number of hydrogen-bond acceptors (Lipinski definition) is 8. The summed E-state index contributed by atoms with van der Waals surface area (Å²) in [5.41, 5.74) is 0. The molecule has 0 bridgehead atoms. The molecule has 6 N–H and O–H groups in total. The van der Waals surface area contributed by atoms with Crippen molar-refractivity contribution in [1.82, 2.24) is 0 Å². The molecule has 0 aromatic carbocycles. The lowest BCUT2D eigenvalue weighted by Gasteiger charge is -2.26. The first-order valence-corrected chi connectivity index (χ1v) is 4.58. The lowest BCUT2D eigenvalue weighted by molar-refractivity contribution is -0.318. The van der Waals surface area contributed by atoms with Crippen molar-refractivity contribution in [3.8, 4) is 0 Å². The van der Waals surface area contributed by atoms with E-state index in [1.165, 1.54) is 0 Å². The maximum absolute atomic E-state index is 11.1. The quantitative estimate of drug-likeness (QED) is 0.193. The monoisotopic (exact) mass is 240 g/mol. The topological polar surface area (TPSA) is 148 Å². The molecule has 4 atom stereocenters. The van der Waals surface area contributed by atoms with E-state index in [0.29, 0.717) is 0 Å². The predicted molar refractivity (Wildman–Crippen MR) is 49.3 cm³/mol. The van der Waals surface area contributed by atoms with Gasteiger partial charge in [-0.05, 0) is 0 Å². The van der Waals surface area contributed by atoms with Gasteiger partial charge in [0.25, 0.3) is 0 Å². The van der Waals surface area contributed by atoms with E-state index in [9.17, 15) is 15.0 Å². The second kappa shape index (κ2) is 7.63. The van der Waals surface area contributed by atoms with Gasteiger partial charge in [0.05, 0.1) is 13.2 Å². The first-order valence-electron chi connectivity index (χ1n) is 4.58. The Morgan fingerprint density at radius 2 is 1.75 bits per heavy atom. The highest BCUT2D eigenvalue weighted by molar-refractivity contribution is 5.83. The minimum absolute atomic E-state index is 0.386. The minimum atomic E-state index is -1.91. The molecule has 0 aromatic heterocycles. The minimum Gasteiger partial charge on any atom is -0.396 e. The van der Waals surface area contributed by atoms with Gasteiger partial charge >= 0.3 is 0 Å². The van der Waals surface area contributed by atoms with E-state index in [-0.39, 0.29) is 6.42 Å². The molecule has 0 rings (SSSR count). The molecule has 8 heteroatoms. The van der Waals surface area contributed by atoms with E-state index in [4.69, 9.17) is 20.6 Å². The van der Waals surface area contributed by atoms with Gasteiger partial charge in [-0.2, -0.15) is 0 Å². The number of rotatable bonds is 8. The average molecular weight is 240 g/mol. The lowest BCUT2D eigenvalue weighted by Crippen LogP contribution is -2.49. The molecule has 0 aliphatic carbocycles. The summed E-state index contributed by atoms with van der Waals surface area (Å²) in [5, 5.41) is 53.0. The summed E-state index contributed by atoms with van der Waals surface area (Å²) in [6, 6.07) is 0. The molecule has 0 aliphatic heterocycles. The molecule has 0 saturated carbocycles. The van der Waals surface area contributed by atoms with Gasteiger partial charge < -0.3 is 25.5 Å². The SMILES string of the molecule is O=C(CCO)[C@H](O)[C@@H](OO)[C@H](O)[C@H](O)CO. The molecule has 0 spiro atoms. The van der Waals surface area contributed by atoms with E-state index in [2.05, 4.69) is 4.89 Å². The largest absolute Gasteiger partial charge is 0.396 e. The number of Topliss-reactive ketones (excluding diaryl/α,β-unsaturated/α-hetero) is 1. The number of carbonyl (C=O) groups is 1. The fraction of sp³-hybridized carbons (Fsp3) is 0.875. The third-order valence-electron chi connectivity index (χ3n) is 2.04. The zero-order chi connectivity index (χ0) is 12.7. The highest BCUT2D eigenvalue weighted by atomic mass is 17.1. The van der Waals surface area contributed by atoms with Crippen LogP contribution in [0.4, 0.5) is 0 Å². The van der Waals surface area contributed by atoms with Crippen LogP contribution in [-0.4, -0.2) is 74.2 Å². The molecular formula is C8H16O8. The molecule has 0 aromatic rings. The molecule has 0 aliphatic rings. The van der Waals surface area contributed by atoms with Crippen molar-refractivity contribution >= 4 is 5.78 Å². The average Bonchev–Trinajstić information content (AvgIpc) is 2.28. The van der Waals surface area contributed by atoms with Gasteiger partial charge in [-0.25, -0.2) is 4.89 Å². The standard InChI is InChI=1S/C8H16O8/c9-2-1-4(11)6(13)8(16-15)7(14)5(12)3-10/h5-10,12-15H,1-3H2/t5-,6+,7-,8-/m1/s1. The zero-order valence-corrected chi connectivity index (χ0v) is 8.43. The van der Waals surface area contributed by atoms with Crippen LogP contribution >= 0.6 is 0 Å². The number of aliphatic hydroxyl groups is 5. The van der Waals surface area contributed by atoms with Gasteiger partial charge in [0.15, 0.2) is 11.9 Å². The van der Waals surface area contributed by atoms with Gasteiger partial charge in [0, 0.05) is 6.42 Å². The van der Waals surface area contributed by atoms with Crippen molar-refractivity contribution in [2.24, 2.45) is 0 Å². The van der Waals surface area contributed by atoms with Gasteiger partial charge in [-0.15, -0.1) is 0 Å². The van der Waals surface area contributed by atoms with E-state index in [0.717, 1.165) is 0 Å². The van der Waals surface area contributed by atoms with Crippen molar-refractivity contribution in [3.05, 3.63) is 0 Å². The molecule has 16 heavy (non-hydrogen) atoms. The van der Waals surface area contributed by atoms with E-state index in [1.807, 2.05) is 0 Å². The second-order valence-electron chi connectivity index (χ2n) is 3.20. The van der Waals surface area contributed by atoms with Crippen molar-refractivity contribution < 1.29 is 40.5 Å². The van der Waals surface area contributed by atoms with Crippen molar-refractivity contribution in [1.29, 1.82) is 0 Å². The van der Waals surface area contributed by atoms with Gasteiger partial charge in [0.2, 0.25) is 0 Å². The Kier molecular flexibility index (Phi) is 7.34. The van der Waals surface area contributed by atoms with E-state index >= 15 is 0 Å². The van der Waals surface area contributed by atoms with Crippen LogP contribution in [0, 0.1) is 0 Å². The third-order valence-corrected chi connectivity index (χ3v) is 2.04. The Hall–Kier alpha value is -0.610. The number of hydrogen-bond donors (Lipinski definition) is 6. The van der Waals surface area contributed by atoms with Crippen LogP contribution in [0.5, 0.6) is 0 Å². The summed E-state index contributed by atoms with van der Waals surface area (Å²) in [6.07, 6.45) is -7.60. The normalized spacial score (nSPS) is 18.9. The summed E-state index contributed by atoms with van der Waals surface area (Å²) in [6.45, 7) is -1.34. The molecule has 0 amide bonds. The van der Waals surface area contributed by atoms with Crippen molar-refractivity contribution in [3.63, 3.8) is 0 Å². The smallest absolute Gasteiger partial charge is 0.166 e. The zero-order valence-electron chi connectivity index (χ0n) is 8.43. The van der Waals surface area contributed by atoms with Crippen LogP contribution < -0.4 is 0 Å². The Labute approximate surface area is 91.3 Å². The summed E-state index contributed by atoms with van der Waals surface area (Å²) in [4.78, 5) is 14.8. The lowest BCUT2D eigenvalue weighted by atomic mass is 9.99. The Bertz CT molecular complexity index is 208. The second-order valence-corrected chi connectivity index (χ2v) is 3.20. The molecule has 0 saturated heterocycles. The molecule has 96 valence electrons. The van der Waals surface area contributed by atoms with Crippen LogP contribution in [0.2, 0.25) is 0 Å². The van der Waals surface area contributed by atoms with Crippen LogP contribution in [-0.2, 0) is 9.68 Å². The number of ketones is 1. The van der Waals surface area contributed by atoms with Crippen LogP contribution in [0.25, 0.3) is 0 Å². The van der Waals surface area contributed by atoms with Gasteiger partial charge in [-0.3, -0.25) is 10.1 Å². The first kappa shape index (κ1) is 15.4. The van der Waals surface area contributed by atoms with Gasteiger partial charge in [0.1, 0.15) is 18.3 Å². The highest BCUT2D eigenvalue weighted by Crippen LogP contribution is 2.10. The van der Waals surface area contributed by atoms with E-state index < -0.39 is 43.4 Å². The van der Waals surface area contributed by atoms with Crippen LogP contribution in [0.15, 0.2) is 0 Å². The van der Waals surface area contributed by atoms with Crippen LogP contribution in [0.1, 0.15) is 6.42 Å². The fourth-order valence-corrected chi connectivity index (χ4v) is 1.08. The maximum Gasteiger partial charge on any atom is 0.166 e. The fourth-order valence-electron chi connectivity index (χ4n) is 1.08. The van der Waals surface area contributed by atoms with Crippen molar-refractivity contribution in [2.75, 3.05) is 13.2 Å². The van der Waals surface area contributed by atoms with Crippen molar-refractivity contribution in [2.45, 2.75) is 30.8 Å². The van der Waals surface area contributed by atoms with Gasteiger partial charge in [-0.1, -0.05) is 0 Å². The molecule has 0 unspecified atom stereocenters. The summed E-state index contributed by atoms with van der Waals surface area (Å²) in [5.74, 6) is -0.870.